The van der Waals surface area contributed by atoms with Crippen LogP contribution in [0.25, 0.3) is 0 Å². The molecular weight excluding hydrogens is 156 g/mol. The fourth-order valence-electron chi connectivity index (χ4n) is 0.979. The van der Waals surface area contributed by atoms with Crippen molar-refractivity contribution >= 4 is 28.6 Å². The van der Waals surface area contributed by atoms with Crippen molar-refractivity contribution in [3.63, 3.8) is 0 Å². The molecule has 0 radical (unpaired) electrons. The Morgan fingerprint density at radius 1 is 1.67 bits per heavy atom. The number of carbonyl (C=O) groups excluding carboxylic acids is 1. The Labute approximate surface area is 64.1 Å². The molecule has 52 valence electrons. The van der Waals surface area contributed by atoms with E-state index in [1.165, 1.54) is 0 Å². The van der Waals surface area contributed by atoms with Crippen molar-refractivity contribution in [3.8, 4) is 0 Å². The summed E-state index contributed by atoms with van der Waals surface area (Å²) in [6.07, 6.45) is 5.03. The first-order chi connectivity index (χ1) is 4.21. The number of carbonyl (C=O) groups is 1. The number of hydrogen-bond donors (Lipinski definition) is 0. The second-order valence-corrected chi connectivity index (χ2v) is 3.86. The van der Waals surface area contributed by atoms with Crippen LogP contribution < -0.4 is 0 Å². The Balaban J connectivity index is 2.57. The molecule has 1 saturated carbocycles. The van der Waals surface area contributed by atoms with Gasteiger partial charge in [0, 0.05) is 0 Å². The van der Waals surface area contributed by atoms with Crippen molar-refractivity contribution in [3.05, 3.63) is 0 Å². The number of hydrogen-bond acceptors (Lipinski definition) is 2. The van der Waals surface area contributed by atoms with Crippen LogP contribution in [0.4, 0.5) is 0 Å². The summed E-state index contributed by atoms with van der Waals surface area (Å²) in [5.41, 5.74) is 0. The topological polar surface area (TPSA) is 17.1 Å². The molecule has 0 amide bonds. The van der Waals surface area contributed by atoms with Gasteiger partial charge < -0.3 is 0 Å². The van der Waals surface area contributed by atoms with Crippen molar-refractivity contribution in [2.24, 2.45) is 0 Å². The van der Waals surface area contributed by atoms with Gasteiger partial charge >= 0.3 is 0 Å². The molecule has 0 N–H and O–H groups in total. The SMILES string of the molecule is CSC1(C(=O)Cl)CCC1. The van der Waals surface area contributed by atoms with Crippen LogP contribution >= 0.6 is 23.4 Å². The fourth-order valence-corrected chi connectivity index (χ4v) is 2.26. The monoisotopic (exact) mass is 164 g/mol. The van der Waals surface area contributed by atoms with Gasteiger partial charge in [-0.25, -0.2) is 0 Å². The minimum Gasteiger partial charge on any atom is -0.280 e. The van der Waals surface area contributed by atoms with E-state index in [-0.39, 0.29) is 9.99 Å². The molecular formula is C6H9ClOS. The molecule has 0 saturated heterocycles. The van der Waals surface area contributed by atoms with Crippen molar-refractivity contribution in [2.45, 2.75) is 24.0 Å². The van der Waals surface area contributed by atoms with Gasteiger partial charge in [-0.1, -0.05) is 0 Å². The molecule has 0 aromatic heterocycles. The van der Waals surface area contributed by atoms with Crippen LogP contribution in [0.1, 0.15) is 19.3 Å². The van der Waals surface area contributed by atoms with Gasteiger partial charge in [-0.15, -0.1) is 11.8 Å². The quantitative estimate of drug-likeness (QED) is 0.581. The predicted molar refractivity (Wildman–Crippen MR) is 41.0 cm³/mol. The standard InChI is InChI=1S/C6H9ClOS/c1-9-6(5(7)8)3-2-4-6/h2-4H2,1H3. The summed E-state index contributed by atoms with van der Waals surface area (Å²) in [4.78, 5) is 10.7. The van der Waals surface area contributed by atoms with E-state index in [2.05, 4.69) is 0 Å². The zero-order valence-electron chi connectivity index (χ0n) is 5.32. The molecule has 0 aromatic rings. The summed E-state index contributed by atoms with van der Waals surface area (Å²) in [5.74, 6) is 0. The number of halogens is 1. The largest absolute Gasteiger partial charge is 0.280 e. The predicted octanol–water partition coefficient (Wildman–Crippen LogP) is 2.04. The van der Waals surface area contributed by atoms with Gasteiger partial charge in [0.25, 0.3) is 0 Å². The Morgan fingerprint density at radius 3 is 2.22 bits per heavy atom. The molecule has 1 fully saturated rings. The Bertz CT molecular complexity index is 126. The van der Waals surface area contributed by atoms with E-state index in [0.29, 0.717) is 0 Å². The molecule has 1 nitrogen and oxygen atoms in total. The Morgan fingerprint density at radius 2 is 2.22 bits per heavy atom. The maximum Gasteiger partial charge on any atom is 0.237 e. The van der Waals surface area contributed by atoms with Gasteiger partial charge in [-0.05, 0) is 37.1 Å². The van der Waals surface area contributed by atoms with Crippen LogP contribution in [0.5, 0.6) is 0 Å². The molecule has 1 aliphatic rings. The average molecular weight is 165 g/mol. The third kappa shape index (κ3) is 1.10. The first-order valence-electron chi connectivity index (χ1n) is 2.96. The van der Waals surface area contributed by atoms with Gasteiger partial charge in [0.1, 0.15) is 0 Å². The molecule has 3 heteroatoms. The summed E-state index contributed by atoms with van der Waals surface area (Å²) in [6, 6.07) is 0. The first kappa shape index (κ1) is 7.42. The first-order valence-corrected chi connectivity index (χ1v) is 4.57. The lowest BCUT2D eigenvalue weighted by molar-refractivity contribution is -0.115. The maximum absolute atomic E-state index is 10.7. The molecule has 0 aromatic carbocycles. The summed E-state index contributed by atoms with van der Waals surface area (Å²) in [5, 5.41) is -0.166. The summed E-state index contributed by atoms with van der Waals surface area (Å²) < 4.78 is -0.193. The van der Waals surface area contributed by atoms with Gasteiger partial charge in [0.05, 0.1) is 4.75 Å². The molecule has 0 aliphatic heterocycles. The highest BCUT2D eigenvalue weighted by Gasteiger charge is 2.42. The average Bonchev–Trinajstić information content (AvgIpc) is 1.62. The van der Waals surface area contributed by atoms with Gasteiger partial charge in [-0.2, -0.15) is 0 Å². The highest BCUT2D eigenvalue weighted by atomic mass is 35.5. The summed E-state index contributed by atoms with van der Waals surface area (Å²) in [7, 11) is 0. The van der Waals surface area contributed by atoms with Crippen molar-refractivity contribution in [1.29, 1.82) is 0 Å². The molecule has 0 atom stereocenters. The minimum absolute atomic E-state index is 0.166. The highest BCUT2D eigenvalue weighted by Crippen LogP contribution is 2.44. The number of thioether (sulfide) groups is 1. The van der Waals surface area contributed by atoms with E-state index in [1.54, 1.807) is 11.8 Å². The summed E-state index contributed by atoms with van der Waals surface area (Å²) in [6.45, 7) is 0. The molecule has 0 heterocycles. The minimum atomic E-state index is -0.193. The van der Waals surface area contributed by atoms with Crippen LogP contribution in [-0.2, 0) is 4.79 Å². The second-order valence-electron chi connectivity index (χ2n) is 2.33. The van der Waals surface area contributed by atoms with Crippen LogP contribution in [0.15, 0.2) is 0 Å². The van der Waals surface area contributed by atoms with Crippen LogP contribution in [0.3, 0.4) is 0 Å². The third-order valence-electron chi connectivity index (χ3n) is 1.91. The maximum atomic E-state index is 10.7. The van der Waals surface area contributed by atoms with E-state index < -0.39 is 0 Å². The van der Waals surface area contributed by atoms with Crippen LogP contribution in [0.2, 0.25) is 0 Å². The molecule has 0 spiro atoms. The van der Waals surface area contributed by atoms with Crippen molar-refractivity contribution in [2.75, 3.05) is 6.26 Å². The molecule has 1 rings (SSSR count). The van der Waals surface area contributed by atoms with Crippen molar-refractivity contribution < 1.29 is 4.79 Å². The van der Waals surface area contributed by atoms with E-state index >= 15 is 0 Å². The van der Waals surface area contributed by atoms with E-state index in [9.17, 15) is 4.79 Å². The van der Waals surface area contributed by atoms with Crippen LogP contribution in [-0.4, -0.2) is 16.2 Å². The lowest BCUT2D eigenvalue weighted by atomic mass is 9.85. The molecule has 9 heavy (non-hydrogen) atoms. The zero-order valence-corrected chi connectivity index (χ0v) is 6.89. The van der Waals surface area contributed by atoms with E-state index in [1.807, 2.05) is 6.26 Å². The third-order valence-corrected chi connectivity index (χ3v) is 3.76. The fraction of sp³-hybridized carbons (Fsp3) is 0.833. The Hall–Kier alpha value is 0.310. The number of rotatable bonds is 2. The second kappa shape index (κ2) is 2.51. The van der Waals surface area contributed by atoms with Gasteiger partial charge in [0.2, 0.25) is 5.24 Å². The normalized spacial score (nSPS) is 22.9. The molecule has 0 unspecified atom stereocenters. The molecule has 1 aliphatic carbocycles. The van der Waals surface area contributed by atoms with E-state index in [0.717, 1.165) is 19.3 Å². The highest BCUT2D eigenvalue weighted by molar-refractivity contribution is 8.01. The van der Waals surface area contributed by atoms with Crippen LogP contribution in [0, 0.1) is 0 Å². The van der Waals surface area contributed by atoms with E-state index in [4.69, 9.17) is 11.6 Å². The summed E-state index contributed by atoms with van der Waals surface area (Å²) >= 11 is 6.96. The lowest BCUT2D eigenvalue weighted by Gasteiger charge is -2.36. The lowest BCUT2D eigenvalue weighted by Crippen LogP contribution is -2.38. The van der Waals surface area contributed by atoms with Gasteiger partial charge in [-0.3, -0.25) is 4.79 Å². The Kier molecular flexibility index (Phi) is 2.07. The smallest absolute Gasteiger partial charge is 0.237 e. The zero-order chi connectivity index (χ0) is 6.91. The molecule has 0 bridgehead atoms. The van der Waals surface area contributed by atoms with Gasteiger partial charge in [0.15, 0.2) is 0 Å². The van der Waals surface area contributed by atoms with Crippen molar-refractivity contribution in [1.82, 2.24) is 0 Å².